The summed E-state index contributed by atoms with van der Waals surface area (Å²) in [5.41, 5.74) is 6.50. The summed E-state index contributed by atoms with van der Waals surface area (Å²) < 4.78 is 10.6. The first kappa shape index (κ1) is 23.2. The Bertz CT molecular complexity index is 1130. The van der Waals surface area contributed by atoms with E-state index in [0.29, 0.717) is 22.2 Å². The number of carbonyl (C=O) groups excluding carboxylic acids is 2. The second-order valence-corrected chi connectivity index (χ2v) is 8.07. The summed E-state index contributed by atoms with van der Waals surface area (Å²) in [6, 6.07) is 20.2. The van der Waals surface area contributed by atoms with Crippen LogP contribution in [0.1, 0.15) is 5.56 Å². The van der Waals surface area contributed by atoms with E-state index in [1.54, 1.807) is 36.0 Å². The Morgan fingerprint density at radius 2 is 1.81 bits per heavy atom. The number of hydrogen-bond donors (Lipinski definition) is 2. The standard InChI is InChI=1S/C24H21ClN2O4S/c1-30-21-14-16(6-12-20(21)31-15-23(26)28)7-13-24(29)27-17-8-10-18(11-9-17)32-22-5-3-2-4-19(22)25/h2-14H,15H2,1H3,(H2,26,28)(H,27,29)/b13-7-. The molecule has 0 bridgehead atoms. The fourth-order valence-corrected chi connectivity index (χ4v) is 3.76. The molecule has 0 aliphatic rings. The van der Waals surface area contributed by atoms with Gasteiger partial charge in [0.2, 0.25) is 5.91 Å². The Hall–Kier alpha value is -3.42. The monoisotopic (exact) mass is 468 g/mol. The van der Waals surface area contributed by atoms with Crippen molar-refractivity contribution < 1.29 is 19.1 Å². The summed E-state index contributed by atoms with van der Waals surface area (Å²) >= 11 is 7.75. The summed E-state index contributed by atoms with van der Waals surface area (Å²) in [6.45, 7) is -0.246. The molecule has 0 saturated carbocycles. The molecule has 3 aromatic rings. The van der Waals surface area contributed by atoms with Crippen LogP contribution in [0.2, 0.25) is 5.02 Å². The molecule has 2 amide bonds. The van der Waals surface area contributed by atoms with Gasteiger partial charge in [-0.1, -0.05) is 41.6 Å². The molecule has 0 saturated heterocycles. The van der Waals surface area contributed by atoms with Gasteiger partial charge in [0, 0.05) is 21.6 Å². The third kappa shape index (κ3) is 6.80. The quantitative estimate of drug-likeness (QED) is 0.430. The zero-order valence-corrected chi connectivity index (χ0v) is 18.8. The van der Waals surface area contributed by atoms with E-state index in [9.17, 15) is 9.59 Å². The van der Waals surface area contributed by atoms with Gasteiger partial charge in [-0.2, -0.15) is 0 Å². The summed E-state index contributed by atoms with van der Waals surface area (Å²) in [7, 11) is 1.49. The normalized spacial score (nSPS) is 10.7. The summed E-state index contributed by atoms with van der Waals surface area (Å²) in [5, 5.41) is 3.52. The molecular weight excluding hydrogens is 448 g/mol. The molecule has 6 nitrogen and oxygen atoms in total. The number of nitrogens with two attached hydrogens (primary N) is 1. The van der Waals surface area contributed by atoms with Gasteiger partial charge >= 0.3 is 0 Å². The topological polar surface area (TPSA) is 90.7 Å². The molecule has 3 N–H and O–H groups in total. The van der Waals surface area contributed by atoms with Crippen molar-refractivity contribution in [2.45, 2.75) is 9.79 Å². The minimum absolute atomic E-state index is 0.246. The smallest absolute Gasteiger partial charge is 0.255 e. The van der Waals surface area contributed by atoms with Gasteiger partial charge in [-0.25, -0.2) is 0 Å². The number of rotatable bonds is 9. The van der Waals surface area contributed by atoms with Crippen LogP contribution in [0.4, 0.5) is 5.69 Å². The average molecular weight is 469 g/mol. The number of benzene rings is 3. The molecule has 0 fully saturated rings. The zero-order chi connectivity index (χ0) is 22.9. The number of carbonyl (C=O) groups is 2. The molecule has 8 heteroatoms. The molecule has 3 rings (SSSR count). The van der Waals surface area contributed by atoms with E-state index < -0.39 is 5.91 Å². The second kappa shape index (κ2) is 11.3. The Labute approximate surface area is 195 Å². The van der Waals surface area contributed by atoms with Gasteiger partial charge in [0.1, 0.15) is 0 Å². The van der Waals surface area contributed by atoms with Gasteiger partial charge in [0.05, 0.1) is 12.1 Å². The van der Waals surface area contributed by atoms with Crippen molar-refractivity contribution in [3.05, 3.63) is 83.4 Å². The highest BCUT2D eigenvalue weighted by Crippen LogP contribution is 2.33. The molecule has 3 aromatic carbocycles. The third-order valence-electron chi connectivity index (χ3n) is 4.17. The van der Waals surface area contributed by atoms with Crippen molar-refractivity contribution in [1.82, 2.24) is 0 Å². The first-order valence-electron chi connectivity index (χ1n) is 9.55. The molecule has 0 heterocycles. The Balaban J connectivity index is 1.59. The molecule has 32 heavy (non-hydrogen) atoms. The van der Waals surface area contributed by atoms with Crippen LogP contribution in [0, 0.1) is 0 Å². The van der Waals surface area contributed by atoms with Crippen molar-refractivity contribution in [2.24, 2.45) is 5.73 Å². The second-order valence-electron chi connectivity index (χ2n) is 6.54. The van der Waals surface area contributed by atoms with E-state index in [1.807, 2.05) is 48.5 Å². The van der Waals surface area contributed by atoms with Crippen molar-refractivity contribution >= 4 is 46.9 Å². The summed E-state index contributed by atoms with van der Waals surface area (Å²) in [5.74, 6) is -0.0317. The molecule has 164 valence electrons. The maximum atomic E-state index is 12.3. The number of hydrogen-bond acceptors (Lipinski definition) is 5. The van der Waals surface area contributed by atoms with Crippen LogP contribution in [0.3, 0.4) is 0 Å². The van der Waals surface area contributed by atoms with Crippen LogP contribution in [0.25, 0.3) is 6.08 Å². The Morgan fingerprint density at radius 1 is 1.06 bits per heavy atom. The van der Waals surface area contributed by atoms with Crippen LogP contribution >= 0.6 is 23.4 Å². The van der Waals surface area contributed by atoms with Crippen LogP contribution in [-0.4, -0.2) is 25.5 Å². The van der Waals surface area contributed by atoms with Crippen LogP contribution < -0.4 is 20.5 Å². The highest BCUT2D eigenvalue weighted by molar-refractivity contribution is 7.99. The van der Waals surface area contributed by atoms with E-state index in [4.69, 9.17) is 26.8 Å². The van der Waals surface area contributed by atoms with Gasteiger partial charge in [0.15, 0.2) is 18.1 Å². The van der Waals surface area contributed by atoms with Crippen molar-refractivity contribution in [3.8, 4) is 11.5 Å². The van der Waals surface area contributed by atoms with E-state index in [1.165, 1.54) is 13.2 Å². The van der Waals surface area contributed by atoms with Crippen LogP contribution in [-0.2, 0) is 9.59 Å². The summed E-state index contributed by atoms with van der Waals surface area (Å²) in [4.78, 5) is 25.1. The number of methoxy groups -OCH3 is 1. The largest absolute Gasteiger partial charge is 0.493 e. The number of ether oxygens (including phenoxy) is 2. The highest BCUT2D eigenvalue weighted by atomic mass is 35.5. The lowest BCUT2D eigenvalue weighted by atomic mass is 10.2. The summed E-state index contributed by atoms with van der Waals surface area (Å²) in [6.07, 6.45) is 3.07. The van der Waals surface area contributed by atoms with Gasteiger partial charge in [-0.05, 0) is 60.2 Å². The Kier molecular flexibility index (Phi) is 8.19. The predicted octanol–water partition coefficient (Wildman–Crippen LogP) is 5.02. The molecule has 0 aliphatic heterocycles. The van der Waals surface area contributed by atoms with Gasteiger partial charge < -0.3 is 20.5 Å². The SMILES string of the molecule is COc1cc(/C=C\C(=O)Nc2ccc(Sc3ccccc3Cl)cc2)ccc1OCC(N)=O. The molecule has 0 aliphatic carbocycles. The van der Waals surface area contributed by atoms with Crippen molar-refractivity contribution in [1.29, 1.82) is 0 Å². The zero-order valence-electron chi connectivity index (χ0n) is 17.2. The molecule has 0 aromatic heterocycles. The fourth-order valence-electron chi connectivity index (χ4n) is 2.67. The fraction of sp³-hybridized carbons (Fsp3) is 0.0833. The molecule has 0 spiro atoms. The number of halogens is 1. The van der Waals surface area contributed by atoms with E-state index >= 15 is 0 Å². The highest BCUT2D eigenvalue weighted by Gasteiger charge is 2.07. The first-order valence-corrected chi connectivity index (χ1v) is 10.7. The maximum absolute atomic E-state index is 12.3. The lowest BCUT2D eigenvalue weighted by molar-refractivity contribution is -0.120. The minimum atomic E-state index is -0.580. The minimum Gasteiger partial charge on any atom is -0.493 e. The van der Waals surface area contributed by atoms with E-state index in [2.05, 4.69) is 5.32 Å². The maximum Gasteiger partial charge on any atom is 0.255 e. The number of amides is 2. The van der Waals surface area contributed by atoms with Crippen molar-refractivity contribution in [3.63, 3.8) is 0 Å². The van der Waals surface area contributed by atoms with Crippen LogP contribution in [0.15, 0.2) is 82.6 Å². The average Bonchev–Trinajstić information content (AvgIpc) is 2.79. The first-order chi connectivity index (χ1) is 15.4. The van der Waals surface area contributed by atoms with Gasteiger partial charge in [-0.3, -0.25) is 9.59 Å². The number of primary amides is 1. The van der Waals surface area contributed by atoms with Gasteiger partial charge in [0.25, 0.3) is 5.91 Å². The van der Waals surface area contributed by atoms with E-state index in [-0.39, 0.29) is 12.5 Å². The van der Waals surface area contributed by atoms with Crippen molar-refractivity contribution in [2.75, 3.05) is 19.0 Å². The Morgan fingerprint density at radius 3 is 2.50 bits per heavy atom. The molecule has 0 radical (unpaired) electrons. The number of anilines is 1. The van der Waals surface area contributed by atoms with Gasteiger partial charge in [-0.15, -0.1) is 0 Å². The molecular formula is C24H21ClN2O4S. The molecule has 0 unspecified atom stereocenters. The van der Waals surface area contributed by atoms with Crippen LogP contribution in [0.5, 0.6) is 11.5 Å². The lowest BCUT2D eigenvalue weighted by Crippen LogP contribution is -2.20. The number of nitrogens with one attached hydrogen (secondary N) is 1. The third-order valence-corrected chi connectivity index (χ3v) is 5.70. The lowest BCUT2D eigenvalue weighted by Gasteiger charge is -2.10. The predicted molar refractivity (Wildman–Crippen MR) is 127 cm³/mol. The van der Waals surface area contributed by atoms with E-state index in [0.717, 1.165) is 15.4 Å². The molecule has 0 atom stereocenters.